The standard InChI is InChI=1S/C15H24FN3/c1-15(2)11-19(7-6-18(15)3)10-13-8-14(16)5-4-12(13)9-17/h4-5,8H,6-7,9-11,17H2,1-3H3. The summed E-state index contributed by atoms with van der Waals surface area (Å²) >= 11 is 0. The molecule has 3 nitrogen and oxygen atoms in total. The Hall–Kier alpha value is -0.970. The number of nitrogens with zero attached hydrogens (tertiary/aromatic N) is 2. The van der Waals surface area contributed by atoms with Gasteiger partial charge in [-0.3, -0.25) is 9.80 Å². The Morgan fingerprint density at radius 3 is 2.63 bits per heavy atom. The van der Waals surface area contributed by atoms with Gasteiger partial charge in [-0.05, 0) is 44.2 Å². The molecular weight excluding hydrogens is 241 g/mol. The summed E-state index contributed by atoms with van der Waals surface area (Å²) in [4.78, 5) is 4.76. The topological polar surface area (TPSA) is 32.5 Å². The molecule has 0 amide bonds. The highest BCUT2D eigenvalue weighted by Gasteiger charge is 2.30. The fraction of sp³-hybridized carbons (Fsp3) is 0.600. The lowest BCUT2D eigenvalue weighted by Crippen LogP contribution is -2.57. The zero-order chi connectivity index (χ0) is 14.0. The van der Waals surface area contributed by atoms with E-state index >= 15 is 0 Å². The van der Waals surface area contributed by atoms with E-state index in [-0.39, 0.29) is 11.4 Å². The number of piperazine rings is 1. The highest BCUT2D eigenvalue weighted by Crippen LogP contribution is 2.21. The van der Waals surface area contributed by atoms with E-state index in [0.717, 1.165) is 37.3 Å². The second-order valence-electron chi connectivity index (χ2n) is 6.06. The summed E-state index contributed by atoms with van der Waals surface area (Å²) in [6.45, 7) is 8.78. The van der Waals surface area contributed by atoms with Gasteiger partial charge in [-0.15, -0.1) is 0 Å². The van der Waals surface area contributed by atoms with E-state index < -0.39 is 0 Å². The van der Waals surface area contributed by atoms with Gasteiger partial charge in [-0.25, -0.2) is 4.39 Å². The molecule has 0 aromatic heterocycles. The quantitative estimate of drug-likeness (QED) is 0.904. The van der Waals surface area contributed by atoms with Crippen LogP contribution in [-0.4, -0.2) is 42.0 Å². The minimum Gasteiger partial charge on any atom is -0.326 e. The Morgan fingerprint density at radius 2 is 2.00 bits per heavy atom. The number of hydrogen-bond acceptors (Lipinski definition) is 3. The van der Waals surface area contributed by atoms with Crippen molar-refractivity contribution in [1.29, 1.82) is 0 Å². The Morgan fingerprint density at radius 1 is 1.26 bits per heavy atom. The summed E-state index contributed by atoms with van der Waals surface area (Å²) < 4.78 is 13.4. The predicted molar refractivity (Wildman–Crippen MR) is 76.3 cm³/mol. The first-order valence-electron chi connectivity index (χ1n) is 6.83. The van der Waals surface area contributed by atoms with Crippen LogP contribution in [0.15, 0.2) is 18.2 Å². The predicted octanol–water partition coefficient (Wildman–Crippen LogP) is 1.81. The molecule has 4 heteroatoms. The number of rotatable bonds is 3. The Bertz CT molecular complexity index is 445. The number of nitrogens with two attached hydrogens (primary N) is 1. The van der Waals surface area contributed by atoms with Crippen LogP contribution in [0.1, 0.15) is 25.0 Å². The molecule has 2 N–H and O–H groups in total. The van der Waals surface area contributed by atoms with Crippen molar-refractivity contribution in [2.24, 2.45) is 5.73 Å². The molecule has 1 fully saturated rings. The van der Waals surface area contributed by atoms with E-state index in [4.69, 9.17) is 5.73 Å². The van der Waals surface area contributed by atoms with Gasteiger partial charge in [0.15, 0.2) is 0 Å². The maximum atomic E-state index is 13.4. The SMILES string of the molecule is CN1CCN(Cc2cc(F)ccc2CN)CC1(C)C. The molecule has 0 radical (unpaired) electrons. The van der Waals surface area contributed by atoms with Crippen molar-refractivity contribution >= 4 is 0 Å². The number of halogens is 1. The molecule has 0 atom stereocenters. The monoisotopic (exact) mass is 265 g/mol. The molecule has 2 rings (SSSR count). The van der Waals surface area contributed by atoms with Gasteiger partial charge in [0.05, 0.1) is 0 Å². The molecular formula is C15H24FN3. The molecule has 0 bridgehead atoms. The minimum atomic E-state index is -0.180. The molecule has 19 heavy (non-hydrogen) atoms. The van der Waals surface area contributed by atoms with Gasteiger partial charge >= 0.3 is 0 Å². The van der Waals surface area contributed by atoms with Crippen LogP contribution in [0.4, 0.5) is 4.39 Å². The normalized spacial score (nSPS) is 20.7. The first kappa shape index (κ1) is 14.4. The second kappa shape index (κ2) is 5.57. The zero-order valence-corrected chi connectivity index (χ0v) is 12.1. The number of benzene rings is 1. The lowest BCUT2D eigenvalue weighted by atomic mass is 9.98. The van der Waals surface area contributed by atoms with Crippen molar-refractivity contribution in [3.05, 3.63) is 35.1 Å². The third-order valence-corrected chi connectivity index (χ3v) is 4.18. The summed E-state index contributed by atoms with van der Waals surface area (Å²) in [5.74, 6) is -0.180. The largest absolute Gasteiger partial charge is 0.326 e. The van der Waals surface area contributed by atoms with Crippen molar-refractivity contribution in [2.75, 3.05) is 26.7 Å². The van der Waals surface area contributed by atoms with E-state index in [9.17, 15) is 4.39 Å². The van der Waals surface area contributed by atoms with Gasteiger partial charge in [0.2, 0.25) is 0 Å². The highest BCUT2D eigenvalue weighted by atomic mass is 19.1. The molecule has 1 saturated heterocycles. The van der Waals surface area contributed by atoms with Gasteiger partial charge in [0.1, 0.15) is 5.82 Å². The van der Waals surface area contributed by atoms with E-state index in [1.165, 1.54) is 6.07 Å². The lowest BCUT2D eigenvalue weighted by Gasteiger charge is -2.45. The van der Waals surface area contributed by atoms with Crippen LogP contribution < -0.4 is 5.73 Å². The summed E-state index contributed by atoms with van der Waals surface area (Å²) in [6.07, 6.45) is 0. The number of likely N-dealkylation sites (N-methyl/N-ethyl adjacent to an activating group) is 1. The van der Waals surface area contributed by atoms with Crippen LogP contribution in [0.25, 0.3) is 0 Å². The number of hydrogen-bond donors (Lipinski definition) is 1. The second-order valence-corrected chi connectivity index (χ2v) is 6.06. The molecule has 1 aliphatic rings. The van der Waals surface area contributed by atoms with Crippen molar-refractivity contribution in [3.63, 3.8) is 0 Å². The maximum absolute atomic E-state index is 13.4. The highest BCUT2D eigenvalue weighted by molar-refractivity contribution is 5.27. The van der Waals surface area contributed by atoms with Crippen molar-refractivity contribution in [3.8, 4) is 0 Å². The van der Waals surface area contributed by atoms with E-state index in [1.807, 2.05) is 0 Å². The van der Waals surface area contributed by atoms with Crippen LogP contribution >= 0.6 is 0 Å². The molecule has 1 aliphatic heterocycles. The third kappa shape index (κ3) is 3.32. The first-order chi connectivity index (χ1) is 8.92. The third-order valence-electron chi connectivity index (χ3n) is 4.18. The Labute approximate surface area is 115 Å². The molecule has 1 aromatic carbocycles. The summed E-state index contributed by atoms with van der Waals surface area (Å²) in [7, 11) is 2.16. The van der Waals surface area contributed by atoms with Crippen molar-refractivity contribution < 1.29 is 4.39 Å². The average molecular weight is 265 g/mol. The summed E-state index contributed by atoms with van der Waals surface area (Å²) in [6, 6.07) is 4.90. The van der Waals surface area contributed by atoms with Crippen molar-refractivity contribution in [1.82, 2.24) is 9.80 Å². The van der Waals surface area contributed by atoms with Crippen LogP contribution in [0, 0.1) is 5.82 Å². The van der Waals surface area contributed by atoms with Crippen LogP contribution in [0.2, 0.25) is 0 Å². The molecule has 1 aromatic rings. The maximum Gasteiger partial charge on any atom is 0.123 e. The van der Waals surface area contributed by atoms with Gasteiger partial charge < -0.3 is 5.73 Å². The van der Waals surface area contributed by atoms with Gasteiger partial charge in [0.25, 0.3) is 0 Å². The molecule has 0 spiro atoms. The summed E-state index contributed by atoms with van der Waals surface area (Å²) in [5, 5.41) is 0. The van der Waals surface area contributed by atoms with E-state index in [2.05, 4.69) is 30.7 Å². The van der Waals surface area contributed by atoms with E-state index in [1.54, 1.807) is 12.1 Å². The van der Waals surface area contributed by atoms with Gasteiger partial charge in [0, 0.05) is 38.3 Å². The molecule has 0 aliphatic carbocycles. The van der Waals surface area contributed by atoms with Crippen LogP contribution in [0.3, 0.4) is 0 Å². The Kier molecular flexibility index (Phi) is 4.23. The van der Waals surface area contributed by atoms with Gasteiger partial charge in [-0.1, -0.05) is 6.07 Å². The minimum absolute atomic E-state index is 0.161. The fourth-order valence-corrected chi connectivity index (χ4v) is 2.66. The Balaban J connectivity index is 2.11. The fourth-order valence-electron chi connectivity index (χ4n) is 2.66. The smallest absolute Gasteiger partial charge is 0.123 e. The molecule has 0 unspecified atom stereocenters. The molecule has 0 saturated carbocycles. The first-order valence-corrected chi connectivity index (χ1v) is 6.83. The average Bonchev–Trinajstić information content (AvgIpc) is 2.34. The molecule has 1 heterocycles. The lowest BCUT2D eigenvalue weighted by molar-refractivity contribution is 0.0358. The molecule has 106 valence electrons. The van der Waals surface area contributed by atoms with E-state index in [0.29, 0.717) is 6.54 Å². The van der Waals surface area contributed by atoms with Crippen LogP contribution in [-0.2, 0) is 13.1 Å². The van der Waals surface area contributed by atoms with Crippen LogP contribution in [0.5, 0.6) is 0 Å². The zero-order valence-electron chi connectivity index (χ0n) is 12.1. The van der Waals surface area contributed by atoms with Gasteiger partial charge in [-0.2, -0.15) is 0 Å². The van der Waals surface area contributed by atoms with Crippen molar-refractivity contribution in [2.45, 2.75) is 32.5 Å². The summed E-state index contributed by atoms with van der Waals surface area (Å²) in [5.41, 5.74) is 7.95.